The fraction of sp³-hybridized carbons (Fsp3) is 0.250. The van der Waals surface area contributed by atoms with Crippen LogP contribution in [0.3, 0.4) is 0 Å². The number of sulfone groups is 1. The van der Waals surface area contributed by atoms with Crippen LogP contribution in [0.4, 0.5) is 5.00 Å². The molecule has 0 saturated carbocycles. The Morgan fingerprint density at radius 2 is 1.85 bits per heavy atom. The van der Waals surface area contributed by atoms with Gasteiger partial charge in [0.1, 0.15) is 11.4 Å². The maximum absolute atomic E-state index is 12.2. The molecule has 0 fully saturated rings. The molecule has 2 rings (SSSR count). The number of rotatable bonds is 4. The van der Waals surface area contributed by atoms with Crippen molar-refractivity contribution in [3.8, 4) is 0 Å². The third-order valence-corrected chi connectivity index (χ3v) is 5.26. The number of hydrogen-bond acceptors (Lipinski definition) is 6. The van der Waals surface area contributed by atoms with E-state index in [1.165, 1.54) is 12.1 Å². The van der Waals surface area contributed by atoms with Crippen LogP contribution in [0.2, 0.25) is 0 Å². The molecular weight excluding hydrogens is 300 g/mol. The van der Waals surface area contributed by atoms with Crippen LogP contribution in [0.1, 0.15) is 16.3 Å². The van der Waals surface area contributed by atoms with Crippen molar-refractivity contribution < 1.29 is 13.3 Å². The predicted octanol–water partition coefficient (Wildman–Crippen LogP) is 2.64. The second kappa shape index (κ2) is 5.29. The first-order valence-electron chi connectivity index (χ1n) is 5.70. The van der Waals surface area contributed by atoms with Crippen molar-refractivity contribution in [3.05, 3.63) is 50.6 Å². The van der Waals surface area contributed by atoms with Crippen LogP contribution in [0.25, 0.3) is 0 Å². The van der Waals surface area contributed by atoms with Crippen LogP contribution in [0.5, 0.6) is 0 Å². The molecule has 0 amide bonds. The second-order valence-electron chi connectivity index (χ2n) is 4.31. The van der Waals surface area contributed by atoms with Crippen molar-refractivity contribution in [2.75, 3.05) is 0 Å². The van der Waals surface area contributed by atoms with Crippen LogP contribution >= 0.6 is 11.3 Å². The lowest BCUT2D eigenvalue weighted by Gasteiger charge is -2.03. The molecule has 0 saturated heterocycles. The summed E-state index contributed by atoms with van der Waals surface area (Å²) >= 11 is 0.886. The fourth-order valence-corrected chi connectivity index (χ4v) is 3.82. The molecule has 0 radical (unpaired) electrons. The van der Waals surface area contributed by atoms with Gasteiger partial charge in [-0.2, -0.15) is 0 Å². The lowest BCUT2D eigenvalue weighted by atomic mass is 10.2. The van der Waals surface area contributed by atoms with E-state index in [1.54, 1.807) is 19.1 Å². The molecule has 1 aromatic heterocycles. The van der Waals surface area contributed by atoms with E-state index < -0.39 is 20.5 Å². The molecule has 0 N–H and O–H groups in total. The molecule has 0 aliphatic carbocycles. The van der Waals surface area contributed by atoms with E-state index in [0.29, 0.717) is 5.01 Å². The molecule has 8 heteroatoms. The molecule has 1 aromatic carbocycles. The van der Waals surface area contributed by atoms with Gasteiger partial charge in [0.25, 0.3) is 0 Å². The highest BCUT2D eigenvalue weighted by molar-refractivity contribution is 7.90. The quantitative estimate of drug-likeness (QED) is 0.639. The second-order valence-corrected chi connectivity index (χ2v) is 7.49. The average Bonchev–Trinajstić information content (AvgIpc) is 2.70. The number of nitro groups is 1. The molecule has 106 valence electrons. The molecule has 0 atom stereocenters. The van der Waals surface area contributed by atoms with Crippen molar-refractivity contribution in [3.63, 3.8) is 0 Å². The zero-order valence-electron chi connectivity index (χ0n) is 10.9. The largest absolute Gasteiger partial charge is 0.348 e. The summed E-state index contributed by atoms with van der Waals surface area (Å²) in [5.74, 6) is -0.462. The number of benzene rings is 1. The first-order valence-corrected chi connectivity index (χ1v) is 8.16. The Bertz CT molecular complexity index is 748. The minimum atomic E-state index is -3.63. The highest BCUT2D eigenvalue weighted by Gasteiger charge is 2.26. The maximum atomic E-state index is 12.2. The Labute approximate surface area is 120 Å². The van der Waals surface area contributed by atoms with Gasteiger partial charge in [0.05, 0.1) is 14.8 Å². The van der Waals surface area contributed by atoms with Gasteiger partial charge < -0.3 is 0 Å². The Morgan fingerprint density at radius 3 is 2.40 bits per heavy atom. The summed E-state index contributed by atoms with van der Waals surface area (Å²) in [4.78, 5) is 14.4. The number of hydrogen-bond donors (Lipinski definition) is 0. The van der Waals surface area contributed by atoms with Gasteiger partial charge in [0.2, 0.25) is 0 Å². The lowest BCUT2D eigenvalue weighted by molar-refractivity contribution is -0.381. The number of aromatic nitrogens is 1. The molecule has 0 aliphatic heterocycles. The fourth-order valence-electron chi connectivity index (χ4n) is 1.71. The molecule has 1 heterocycles. The topological polar surface area (TPSA) is 90.2 Å². The predicted molar refractivity (Wildman–Crippen MR) is 75.6 cm³/mol. The summed E-state index contributed by atoms with van der Waals surface area (Å²) in [7, 11) is -3.63. The highest BCUT2D eigenvalue weighted by Crippen LogP contribution is 2.29. The SMILES string of the molecule is Cc1ccc(S(=O)(=O)Cc2nc(C)sc2[N+](=O)[O-])cc1. The Balaban J connectivity index is 2.38. The summed E-state index contributed by atoms with van der Waals surface area (Å²) in [5.41, 5.74) is 0.942. The molecule has 2 aromatic rings. The van der Waals surface area contributed by atoms with Crippen LogP contribution in [-0.2, 0) is 15.6 Å². The molecule has 0 unspecified atom stereocenters. The molecule has 6 nitrogen and oxygen atoms in total. The first kappa shape index (κ1) is 14.6. The third kappa shape index (κ3) is 3.02. The summed E-state index contributed by atoms with van der Waals surface area (Å²) in [6.07, 6.45) is 0. The van der Waals surface area contributed by atoms with Crippen LogP contribution in [0.15, 0.2) is 29.2 Å². The zero-order valence-corrected chi connectivity index (χ0v) is 12.5. The van der Waals surface area contributed by atoms with Crippen molar-refractivity contribution in [1.29, 1.82) is 0 Å². The summed E-state index contributed by atoms with van der Waals surface area (Å²) in [6.45, 7) is 3.46. The number of thiazole rings is 1. The van der Waals surface area contributed by atoms with Gasteiger partial charge in [-0.15, -0.1) is 0 Å². The van der Waals surface area contributed by atoms with E-state index in [0.717, 1.165) is 16.9 Å². The van der Waals surface area contributed by atoms with E-state index >= 15 is 0 Å². The maximum Gasteiger partial charge on any atom is 0.348 e. The van der Waals surface area contributed by atoms with Crippen molar-refractivity contribution in [1.82, 2.24) is 4.98 Å². The molecule has 0 spiro atoms. The third-order valence-electron chi connectivity index (χ3n) is 2.66. The van der Waals surface area contributed by atoms with E-state index in [-0.39, 0.29) is 15.6 Å². The number of aryl methyl sites for hydroxylation is 2. The summed E-state index contributed by atoms with van der Waals surface area (Å²) in [5, 5.41) is 11.2. The van der Waals surface area contributed by atoms with Crippen molar-refractivity contribution in [2.45, 2.75) is 24.5 Å². The van der Waals surface area contributed by atoms with E-state index in [9.17, 15) is 18.5 Å². The summed E-state index contributed by atoms with van der Waals surface area (Å²) < 4.78 is 24.5. The molecule has 20 heavy (non-hydrogen) atoms. The first-order chi connectivity index (χ1) is 9.29. The van der Waals surface area contributed by atoms with Gasteiger partial charge >= 0.3 is 5.00 Å². The molecule has 0 aliphatic rings. The van der Waals surface area contributed by atoms with Gasteiger partial charge in [0.15, 0.2) is 9.84 Å². The van der Waals surface area contributed by atoms with Crippen LogP contribution in [0, 0.1) is 24.0 Å². The molecule has 0 bridgehead atoms. The van der Waals surface area contributed by atoms with E-state index in [4.69, 9.17) is 0 Å². The monoisotopic (exact) mass is 312 g/mol. The van der Waals surface area contributed by atoms with Gasteiger partial charge in [-0.05, 0) is 37.3 Å². The van der Waals surface area contributed by atoms with Gasteiger partial charge in [-0.1, -0.05) is 17.7 Å². The normalized spacial score (nSPS) is 11.5. The van der Waals surface area contributed by atoms with Crippen LogP contribution in [-0.4, -0.2) is 18.3 Å². The Kier molecular flexibility index (Phi) is 3.87. The lowest BCUT2D eigenvalue weighted by Crippen LogP contribution is -2.06. The van der Waals surface area contributed by atoms with E-state index in [1.807, 2.05) is 6.92 Å². The zero-order chi connectivity index (χ0) is 14.9. The standard InChI is InChI=1S/C12H12N2O4S2/c1-8-3-5-10(6-4-8)20(17,18)7-11-12(14(15)16)19-9(2)13-11/h3-6H,7H2,1-2H3. The minimum Gasteiger partial charge on any atom is -0.257 e. The Morgan fingerprint density at radius 1 is 1.25 bits per heavy atom. The number of nitrogens with zero attached hydrogens (tertiary/aromatic N) is 2. The minimum absolute atomic E-state index is 0.00178. The van der Waals surface area contributed by atoms with Gasteiger partial charge in [-0.25, -0.2) is 13.4 Å². The average molecular weight is 312 g/mol. The van der Waals surface area contributed by atoms with E-state index in [2.05, 4.69) is 4.98 Å². The van der Waals surface area contributed by atoms with Crippen LogP contribution < -0.4 is 0 Å². The molecular formula is C12H12N2O4S2. The Hall–Kier alpha value is -1.80. The van der Waals surface area contributed by atoms with Gasteiger partial charge in [-0.3, -0.25) is 10.1 Å². The van der Waals surface area contributed by atoms with Crippen molar-refractivity contribution >= 4 is 26.2 Å². The highest BCUT2D eigenvalue weighted by atomic mass is 32.2. The van der Waals surface area contributed by atoms with Gasteiger partial charge in [0, 0.05) is 0 Å². The van der Waals surface area contributed by atoms with Crippen molar-refractivity contribution in [2.24, 2.45) is 0 Å². The summed E-state index contributed by atoms with van der Waals surface area (Å²) in [6, 6.07) is 6.37. The smallest absolute Gasteiger partial charge is 0.257 e.